The molecule has 0 saturated carbocycles. The van der Waals surface area contributed by atoms with Gasteiger partial charge in [0.1, 0.15) is 12.4 Å². The van der Waals surface area contributed by atoms with Crippen molar-refractivity contribution in [2.45, 2.75) is 19.3 Å². The van der Waals surface area contributed by atoms with Gasteiger partial charge >= 0.3 is 0 Å². The Bertz CT molecular complexity index is 559. The van der Waals surface area contributed by atoms with E-state index in [1.54, 1.807) is 0 Å². The van der Waals surface area contributed by atoms with Gasteiger partial charge in [0.25, 0.3) is 0 Å². The van der Waals surface area contributed by atoms with Crippen molar-refractivity contribution in [3.8, 4) is 11.8 Å². The number of thioether (sulfide) groups is 1. The number of aliphatic hydroxyl groups is 1. The van der Waals surface area contributed by atoms with Gasteiger partial charge in [-0.25, -0.2) is 4.39 Å². The Morgan fingerprint density at radius 2 is 2.19 bits per heavy atom. The molecular weight excluding hydrogens is 289 g/mol. The minimum atomic E-state index is -0.417. The average Bonchev–Trinajstić information content (AvgIpc) is 2.48. The molecule has 0 bridgehead atoms. The maximum Gasteiger partial charge on any atom is 0.224 e. The Balaban J connectivity index is 2.02. The number of benzene rings is 1. The monoisotopic (exact) mass is 307 g/mol. The normalized spacial score (nSPS) is 15.1. The third kappa shape index (κ3) is 5.07. The molecule has 0 atom stereocenters. The van der Waals surface area contributed by atoms with Crippen molar-refractivity contribution in [1.29, 1.82) is 0 Å². The Kier molecular flexibility index (Phi) is 6.09. The number of rotatable bonds is 3. The van der Waals surface area contributed by atoms with Crippen LogP contribution in [0.1, 0.15) is 24.8 Å². The minimum absolute atomic E-state index is 0.0643. The molecule has 2 N–H and O–H groups in total. The first-order valence-electron chi connectivity index (χ1n) is 6.96. The van der Waals surface area contributed by atoms with Crippen LogP contribution < -0.4 is 5.32 Å². The summed E-state index contributed by atoms with van der Waals surface area (Å²) in [6.45, 7) is -0.302. The number of anilines is 1. The van der Waals surface area contributed by atoms with Crippen LogP contribution in [0.4, 0.5) is 10.1 Å². The van der Waals surface area contributed by atoms with Crippen LogP contribution in [0.2, 0.25) is 0 Å². The number of carbonyl (C=O) groups excluding carboxylic acids is 1. The van der Waals surface area contributed by atoms with E-state index in [4.69, 9.17) is 5.11 Å². The van der Waals surface area contributed by atoms with Crippen LogP contribution in [-0.2, 0) is 4.79 Å². The number of nitrogens with one attached hydrogen (secondary N) is 1. The van der Waals surface area contributed by atoms with Gasteiger partial charge in [0, 0.05) is 6.42 Å². The van der Waals surface area contributed by atoms with Crippen molar-refractivity contribution in [1.82, 2.24) is 0 Å². The number of hydrogen-bond acceptors (Lipinski definition) is 3. The molecule has 1 heterocycles. The predicted molar refractivity (Wildman–Crippen MR) is 83.7 cm³/mol. The van der Waals surface area contributed by atoms with Gasteiger partial charge in [-0.15, -0.1) is 0 Å². The highest BCUT2D eigenvalue weighted by atomic mass is 32.2. The maximum absolute atomic E-state index is 13.2. The second kappa shape index (κ2) is 8.06. The third-order valence-electron chi connectivity index (χ3n) is 3.37. The van der Waals surface area contributed by atoms with Crippen LogP contribution in [0.15, 0.2) is 18.2 Å². The molecule has 5 heteroatoms. The smallest absolute Gasteiger partial charge is 0.224 e. The van der Waals surface area contributed by atoms with E-state index in [0.717, 1.165) is 24.3 Å². The molecule has 1 saturated heterocycles. The molecular formula is C16H18FNO2S. The lowest BCUT2D eigenvalue weighted by molar-refractivity contribution is -0.117. The second-order valence-corrected chi connectivity index (χ2v) is 6.18. The molecule has 1 fully saturated rings. The maximum atomic E-state index is 13.2. The largest absolute Gasteiger partial charge is 0.384 e. The van der Waals surface area contributed by atoms with Crippen molar-refractivity contribution in [3.63, 3.8) is 0 Å². The summed E-state index contributed by atoms with van der Waals surface area (Å²) in [6, 6.07) is 4.05. The summed E-state index contributed by atoms with van der Waals surface area (Å²) < 4.78 is 13.2. The molecule has 1 aliphatic heterocycles. The standard InChI is InChI=1S/C16H18FNO2S/c17-14-3-4-15(13(11-14)2-1-7-19)18-16(20)10-12-5-8-21-9-6-12/h3-4,11-12,19H,5-10H2,(H,18,20). The summed E-state index contributed by atoms with van der Waals surface area (Å²) in [5.74, 6) is 7.30. The van der Waals surface area contributed by atoms with Gasteiger partial charge in [-0.2, -0.15) is 11.8 Å². The Morgan fingerprint density at radius 1 is 1.43 bits per heavy atom. The zero-order valence-electron chi connectivity index (χ0n) is 11.7. The summed E-state index contributed by atoms with van der Waals surface area (Å²) >= 11 is 1.93. The Labute approximate surface area is 128 Å². The van der Waals surface area contributed by atoms with Crippen molar-refractivity contribution < 1.29 is 14.3 Å². The lowest BCUT2D eigenvalue weighted by Crippen LogP contribution is -2.20. The van der Waals surface area contributed by atoms with Gasteiger partial charge in [-0.05, 0) is 48.5 Å². The molecule has 1 aromatic carbocycles. The lowest BCUT2D eigenvalue weighted by Gasteiger charge is -2.20. The van der Waals surface area contributed by atoms with E-state index in [9.17, 15) is 9.18 Å². The van der Waals surface area contributed by atoms with Crippen LogP contribution in [0.25, 0.3) is 0 Å². The molecule has 21 heavy (non-hydrogen) atoms. The second-order valence-electron chi connectivity index (χ2n) is 4.96. The molecule has 0 spiro atoms. The number of hydrogen-bond donors (Lipinski definition) is 2. The van der Waals surface area contributed by atoms with E-state index in [2.05, 4.69) is 17.2 Å². The average molecular weight is 307 g/mol. The quantitative estimate of drug-likeness (QED) is 0.844. The van der Waals surface area contributed by atoms with Crippen LogP contribution in [-0.4, -0.2) is 29.1 Å². The van der Waals surface area contributed by atoms with Crippen molar-refractivity contribution in [2.24, 2.45) is 5.92 Å². The summed E-state index contributed by atoms with van der Waals surface area (Å²) in [4.78, 5) is 12.1. The van der Waals surface area contributed by atoms with Crippen LogP contribution in [0, 0.1) is 23.6 Å². The first kappa shape index (κ1) is 15.9. The fourth-order valence-electron chi connectivity index (χ4n) is 2.28. The van der Waals surface area contributed by atoms with Crippen LogP contribution in [0.3, 0.4) is 0 Å². The number of amides is 1. The van der Waals surface area contributed by atoms with E-state index in [1.807, 2.05) is 11.8 Å². The van der Waals surface area contributed by atoms with E-state index < -0.39 is 5.82 Å². The van der Waals surface area contributed by atoms with Gasteiger partial charge in [0.05, 0.1) is 11.3 Å². The van der Waals surface area contributed by atoms with Crippen molar-refractivity contribution in [2.75, 3.05) is 23.4 Å². The fourth-order valence-corrected chi connectivity index (χ4v) is 3.48. The molecule has 0 aromatic heterocycles. The van der Waals surface area contributed by atoms with Gasteiger partial charge in [0.2, 0.25) is 5.91 Å². The molecule has 2 rings (SSSR count). The van der Waals surface area contributed by atoms with E-state index >= 15 is 0 Å². The summed E-state index contributed by atoms with van der Waals surface area (Å²) in [6.07, 6.45) is 2.63. The molecule has 0 aliphatic carbocycles. The van der Waals surface area contributed by atoms with Gasteiger partial charge in [-0.1, -0.05) is 11.8 Å². The van der Waals surface area contributed by atoms with Gasteiger partial charge in [0.15, 0.2) is 0 Å². The Morgan fingerprint density at radius 3 is 2.90 bits per heavy atom. The molecule has 0 unspecified atom stereocenters. The first-order valence-corrected chi connectivity index (χ1v) is 8.11. The third-order valence-corrected chi connectivity index (χ3v) is 4.42. The van der Waals surface area contributed by atoms with Crippen molar-refractivity contribution in [3.05, 3.63) is 29.6 Å². The molecule has 112 valence electrons. The van der Waals surface area contributed by atoms with Crippen molar-refractivity contribution >= 4 is 23.4 Å². The SMILES string of the molecule is O=C(CC1CCSCC1)Nc1ccc(F)cc1C#CCO. The van der Waals surface area contributed by atoms with E-state index in [0.29, 0.717) is 23.6 Å². The highest BCUT2D eigenvalue weighted by molar-refractivity contribution is 7.99. The lowest BCUT2D eigenvalue weighted by atomic mass is 9.98. The van der Waals surface area contributed by atoms with E-state index in [-0.39, 0.29) is 12.5 Å². The summed E-state index contributed by atoms with van der Waals surface area (Å²) in [7, 11) is 0. The van der Waals surface area contributed by atoms with E-state index in [1.165, 1.54) is 18.2 Å². The Hall–Kier alpha value is -1.51. The number of aliphatic hydroxyl groups excluding tert-OH is 1. The molecule has 0 radical (unpaired) electrons. The van der Waals surface area contributed by atoms with Crippen LogP contribution in [0.5, 0.6) is 0 Å². The zero-order chi connectivity index (χ0) is 15.1. The fraction of sp³-hybridized carbons (Fsp3) is 0.438. The summed E-state index contributed by atoms with van der Waals surface area (Å²) in [5, 5.41) is 11.5. The minimum Gasteiger partial charge on any atom is -0.384 e. The molecule has 1 aliphatic rings. The van der Waals surface area contributed by atoms with Crippen LogP contribution >= 0.6 is 11.8 Å². The molecule has 3 nitrogen and oxygen atoms in total. The highest BCUT2D eigenvalue weighted by Crippen LogP contribution is 2.26. The number of carbonyl (C=O) groups is 1. The molecule has 1 aromatic rings. The van der Waals surface area contributed by atoms with Gasteiger partial charge in [-0.3, -0.25) is 4.79 Å². The topological polar surface area (TPSA) is 49.3 Å². The number of halogens is 1. The zero-order valence-corrected chi connectivity index (χ0v) is 12.5. The highest BCUT2D eigenvalue weighted by Gasteiger charge is 2.17. The molecule has 1 amide bonds. The summed E-state index contributed by atoms with van der Waals surface area (Å²) in [5.41, 5.74) is 0.879. The predicted octanol–water partition coefficient (Wildman–Crippen LogP) is 2.64. The first-order chi connectivity index (χ1) is 10.2. The van der Waals surface area contributed by atoms with Gasteiger partial charge < -0.3 is 10.4 Å².